The van der Waals surface area contributed by atoms with Gasteiger partial charge in [0.2, 0.25) is 0 Å². The van der Waals surface area contributed by atoms with Gasteiger partial charge in [0, 0.05) is 24.7 Å². The summed E-state index contributed by atoms with van der Waals surface area (Å²) in [5.41, 5.74) is 3.48. The van der Waals surface area contributed by atoms with Crippen molar-refractivity contribution in [1.29, 1.82) is 0 Å². The predicted molar refractivity (Wildman–Crippen MR) is 140 cm³/mol. The summed E-state index contributed by atoms with van der Waals surface area (Å²) in [5, 5.41) is 13.4. The van der Waals surface area contributed by atoms with Gasteiger partial charge >= 0.3 is 0 Å². The fourth-order valence-electron chi connectivity index (χ4n) is 4.28. The zero-order valence-corrected chi connectivity index (χ0v) is 20.8. The van der Waals surface area contributed by atoms with Crippen LogP contribution in [-0.2, 0) is 26.2 Å². The van der Waals surface area contributed by atoms with Crippen LogP contribution in [-0.4, -0.2) is 44.3 Å². The number of ether oxygens (including phenoxy) is 2. The number of H-pyrrole nitrogens is 1. The zero-order valence-electron chi connectivity index (χ0n) is 20.8. The first-order chi connectivity index (χ1) is 18.1. The SMILES string of the molecule is COc1ccc(Cn2nnnc2CN(Cc2ccccc2)Cc2cc3ccc(OC)cc3[nH]c2=O)cc1. The number of benzene rings is 3. The second-order valence-corrected chi connectivity index (χ2v) is 8.81. The average Bonchev–Trinajstić information content (AvgIpc) is 3.36. The van der Waals surface area contributed by atoms with Crippen LogP contribution in [0.3, 0.4) is 0 Å². The molecule has 5 aromatic rings. The molecule has 9 nitrogen and oxygen atoms in total. The molecule has 5 rings (SSSR count). The molecule has 0 atom stereocenters. The molecule has 0 amide bonds. The number of hydrogen-bond donors (Lipinski definition) is 1. The summed E-state index contributed by atoms with van der Waals surface area (Å²) in [4.78, 5) is 18.2. The van der Waals surface area contributed by atoms with Crippen LogP contribution >= 0.6 is 0 Å². The van der Waals surface area contributed by atoms with Gasteiger partial charge in [-0.25, -0.2) is 4.68 Å². The molecule has 0 aliphatic heterocycles. The highest BCUT2D eigenvalue weighted by Crippen LogP contribution is 2.20. The number of aromatic amines is 1. The summed E-state index contributed by atoms with van der Waals surface area (Å²) >= 11 is 0. The average molecular weight is 497 g/mol. The molecular formula is C28H28N6O3. The first-order valence-electron chi connectivity index (χ1n) is 12.0. The second-order valence-electron chi connectivity index (χ2n) is 8.81. The lowest BCUT2D eigenvalue weighted by Crippen LogP contribution is -2.28. The summed E-state index contributed by atoms with van der Waals surface area (Å²) in [6.45, 7) is 2.07. The number of rotatable bonds is 10. The van der Waals surface area contributed by atoms with Gasteiger partial charge in [0.1, 0.15) is 11.5 Å². The van der Waals surface area contributed by atoms with Crippen LogP contribution in [0.1, 0.15) is 22.5 Å². The first-order valence-corrected chi connectivity index (χ1v) is 12.0. The van der Waals surface area contributed by atoms with E-state index in [1.807, 2.05) is 66.7 Å². The van der Waals surface area contributed by atoms with Crippen LogP contribution in [0, 0.1) is 0 Å². The maximum Gasteiger partial charge on any atom is 0.252 e. The van der Waals surface area contributed by atoms with Crippen LogP contribution in [0.15, 0.2) is 83.7 Å². The molecule has 9 heteroatoms. The highest BCUT2D eigenvalue weighted by atomic mass is 16.5. The minimum absolute atomic E-state index is 0.128. The number of nitrogens with zero attached hydrogens (tertiary/aromatic N) is 5. The summed E-state index contributed by atoms with van der Waals surface area (Å²) in [6, 6.07) is 25.6. The Labute approximate surface area is 214 Å². The van der Waals surface area contributed by atoms with E-state index in [-0.39, 0.29) is 5.56 Å². The minimum Gasteiger partial charge on any atom is -0.497 e. The van der Waals surface area contributed by atoms with Crippen molar-refractivity contribution in [2.45, 2.75) is 26.2 Å². The van der Waals surface area contributed by atoms with Crippen molar-refractivity contribution in [3.05, 3.63) is 112 Å². The largest absolute Gasteiger partial charge is 0.497 e. The molecule has 0 aliphatic carbocycles. The van der Waals surface area contributed by atoms with Gasteiger partial charge in [-0.2, -0.15) is 0 Å². The molecule has 0 saturated carbocycles. The van der Waals surface area contributed by atoms with E-state index in [1.54, 1.807) is 18.9 Å². The zero-order chi connectivity index (χ0) is 25.6. The smallest absolute Gasteiger partial charge is 0.252 e. The third-order valence-corrected chi connectivity index (χ3v) is 6.24. The van der Waals surface area contributed by atoms with E-state index >= 15 is 0 Å². The minimum atomic E-state index is -0.128. The van der Waals surface area contributed by atoms with Crippen molar-refractivity contribution in [3.8, 4) is 11.5 Å². The molecule has 0 bridgehead atoms. The number of fused-ring (bicyclic) bond motifs is 1. The number of hydrogen-bond acceptors (Lipinski definition) is 7. The van der Waals surface area contributed by atoms with Gasteiger partial charge in [-0.3, -0.25) is 9.69 Å². The van der Waals surface area contributed by atoms with E-state index in [0.717, 1.165) is 27.8 Å². The lowest BCUT2D eigenvalue weighted by molar-refractivity contribution is 0.236. The molecule has 0 radical (unpaired) electrons. The van der Waals surface area contributed by atoms with Gasteiger partial charge in [0.05, 0.1) is 32.8 Å². The molecule has 0 unspecified atom stereocenters. The van der Waals surface area contributed by atoms with E-state index in [9.17, 15) is 4.79 Å². The molecule has 188 valence electrons. The predicted octanol–water partition coefficient (Wildman–Crippen LogP) is 3.78. The van der Waals surface area contributed by atoms with Crippen molar-refractivity contribution < 1.29 is 9.47 Å². The monoisotopic (exact) mass is 496 g/mol. The maximum atomic E-state index is 13.0. The molecule has 0 fully saturated rings. The highest BCUT2D eigenvalue weighted by Gasteiger charge is 2.16. The second kappa shape index (κ2) is 11.0. The van der Waals surface area contributed by atoms with E-state index in [0.29, 0.717) is 43.3 Å². The topological polar surface area (TPSA) is 98.2 Å². The van der Waals surface area contributed by atoms with Crippen LogP contribution in [0.25, 0.3) is 10.9 Å². The Morgan fingerprint density at radius 1 is 0.838 bits per heavy atom. The Morgan fingerprint density at radius 2 is 1.59 bits per heavy atom. The molecule has 3 aromatic carbocycles. The van der Waals surface area contributed by atoms with Crippen molar-refractivity contribution >= 4 is 10.9 Å². The lowest BCUT2D eigenvalue weighted by atomic mass is 10.1. The highest BCUT2D eigenvalue weighted by molar-refractivity contribution is 5.80. The number of tetrazole rings is 1. The molecule has 0 saturated heterocycles. The number of pyridine rings is 1. The Kier molecular flexibility index (Phi) is 7.23. The molecule has 0 spiro atoms. The summed E-state index contributed by atoms with van der Waals surface area (Å²) in [6.07, 6.45) is 0. The van der Waals surface area contributed by atoms with E-state index in [1.165, 1.54) is 0 Å². The normalized spacial score (nSPS) is 11.2. The van der Waals surface area contributed by atoms with Crippen LogP contribution in [0.5, 0.6) is 11.5 Å². The molecular weight excluding hydrogens is 468 g/mol. The van der Waals surface area contributed by atoms with Gasteiger partial charge in [-0.05, 0) is 57.3 Å². The Balaban J connectivity index is 1.41. The van der Waals surface area contributed by atoms with Crippen molar-refractivity contribution in [3.63, 3.8) is 0 Å². The van der Waals surface area contributed by atoms with E-state index < -0.39 is 0 Å². The quantitative estimate of drug-likeness (QED) is 0.314. The fourth-order valence-corrected chi connectivity index (χ4v) is 4.28. The van der Waals surface area contributed by atoms with E-state index in [2.05, 4.69) is 37.5 Å². The third-order valence-electron chi connectivity index (χ3n) is 6.24. The van der Waals surface area contributed by atoms with Crippen molar-refractivity contribution in [2.75, 3.05) is 14.2 Å². The summed E-state index contributed by atoms with van der Waals surface area (Å²) < 4.78 is 12.3. The Bertz CT molecular complexity index is 1530. The number of methoxy groups -OCH3 is 2. The molecule has 1 N–H and O–H groups in total. The number of nitrogens with one attached hydrogen (secondary N) is 1. The van der Waals surface area contributed by atoms with Crippen LogP contribution < -0.4 is 15.0 Å². The Morgan fingerprint density at radius 3 is 2.35 bits per heavy atom. The van der Waals surface area contributed by atoms with Crippen LogP contribution in [0.2, 0.25) is 0 Å². The van der Waals surface area contributed by atoms with Crippen LogP contribution in [0.4, 0.5) is 0 Å². The van der Waals surface area contributed by atoms with Crippen molar-refractivity contribution in [1.82, 2.24) is 30.1 Å². The summed E-state index contributed by atoms with van der Waals surface area (Å²) in [7, 11) is 3.25. The summed E-state index contributed by atoms with van der Waals surface area (Å²) in [5.74, 6) is 2.22. The van der Waals surface area contributed by atoms with Crippen molar-refractivity contribution in [2.24, 2.45) is 0 Å². The fraction of sp³-hybridized carbons (Fsp3) is 0.214. The van der Waals surface area contributed by atoms with Gasteiger partial charge in [0.25, 0.3) is 5.56 Å². The van der Waals surface area contributed by atoms with Gasteiger partial charge in [0.15, 0.2) is 5.82 Å². The third kappa shape index (κ3) is 5.84. The molecule has 2 heterocycles. The maximum absolute atomic E-state index is 13.0. The van der Waals surface area contributed by atoms with E-state index in [4.69, 9.17) is 9.47 Å². The van der Waals surface area contributed by atoms with Gasteiger partial charge < -0.3 is 14.5 Å². The van der Waals surface area contributed by atoms with Gasteiger partial charge in [-0.15, -0.1) is 5.10 Å². The first kappa shape index (κ1) is 24.2. The van der Waals surface area contributed by atoms with Gasteiger partial charge in [-0.1, -0.05) is 42.5 Å². The lowest BCUT2D eigenvalue weighted by Gasteiger charge is -2.22. The molecule has 2 aromatic heterocycles. The molecule has 0 aliphatic rings. The number of aromatic nitrogens is 5. The standard InChI is InChI=1S/C28H28N6O3/c1-36-24-11-8-21(9-12-24)17-34-27(30-31-32-34)19-33(16-20-6-4-3-5-7-20)18-23-14-22-10-13-25(37-2)15-26(22)29-28(23)35/h3-15H,16-19H2,1-2H3,(H,29,35). The Hall–Kier alpha value is -4.50. The molecule has 37 heavy (non-hydrogen) atoms.